The molecular weight excluding hydrogens is 697 g/mol. The van der Waals surface area contributed by atoms with Crippen LogP contribution in [0.5, 0.6) is 0 Å². The summed E-state index contributed by atoms with van der Waals surface area (Å²) in [5.41, 5.74) is 9.39. The Morgan fingerprint density at radius 3 is 2.29 bits per heavy atom. The first-order valence-electron chi connectivity index (χ1n) is 17.8. The van der Waals surface area contributed by atoms with E-state index in [9.17, 15) is 15.2 Å². The van der Waals surface area contributed by atoms with Crippen LogP contribution in [0.2, 0.25) is 0 Å². The number of carboxylic acid groups (broad SMARTS) is 1. The normalized spacial score (nSPS) is 15.2. The monoisotopic (exact) mass is 734 g/mol. The van der Waals surface area contributed by atoms with Crippen molar-refractivity contribution in [2.45, 2.75) is 58.3 Å². The zero-order chi connectivity index (χ0) is 36.0. The van der Waals surface area contributed by atoms with Crippen LogP contribution in [0.1, 0.15) is 67.5 Å². The summed E-state index contributed by atoms with van der Waals surface area (Å²) < 4.78 is 2.41. The van der Waals surface area contributed by atoms with Crippen LogP contribution >= 0.6 is 34.0 Å². The minimum atomic E-state index is -1.19. The molecule has 0 saturated heterocycles. The zero-order valence-corrected chi connectivity index (χ0v) is 31.9. The largest absolute Gasteiger partial charge is 0.477 e. The summed E-state index contributed by atoms with van der Waals surface area (Å²) in [6.07, 6.45) is 7.28. The molecule has 4 nitrogen and oxygen atoms in total. The molecule has 0 radical (unpaired) electrons. The summed E-state index contributed by atoms with van der Waals surface area (Å²) in [4.78, 5) is 18.7. The van der Waals surface area contributed by atoms with Crippen molar-refractivity contribution >= 4 is 57.0 Å². The molecule has 1 N–H and O–H groups in total. The molecule has 7 heteroatoms. The fourth-order valence-corrected chi connectivity index (χ4v) is 11.5. The van der Waals surface area contributed by atoms with Gasteiger partial charge in [0, 0.05) is 51.3 Å². The van der Waals surface area contributed by atoms with Crippen LogP contribution in [0.4, 0.5) is 0 Å². The maximum Gasteiger partial charge on any atom is 0.346 e. The second-order valence-corrected chi connectivity index (χ2v) is 17.0. The summed E-state index contributed by atoms with van der Waals surface area (Å²) in [6, 6.07) is 39.2. The molecule has 0 fully saturated rings. The first kappa shape index (κ1) is 34.1. The van der Waals surface area contributed by atoms with Crippen molar-refractivity contribution in [1.82, 2.24) is 4.57 Å². The number of hydrogen-bond donors (Lipinski definition) is 1. The Kier molecular flexibility index (Phi) is 9.09. The summed E-state index contributed by atoms with van der Waals surface area (Å²) in [6.45, 7) is 6.72. The molecule has 8 rings (SSSR count). The first-order chi connectivity index (χ1) is 25.3. The zero-order valence-electron chi connectivity index (χ0n) is 29.4. The van der Waals surface area contributed by atoms with Crippen molar-refractivity contribution in [1.29, 1.82) is 5.26 Å². The van der Waals surface area contributed by atoms with Gasteiger partial charge in [-0.15, -0.1) is 34.0 Å². The number of unbranched alkanes of at least 4 members (excludes halogenated alkanes) is 3. The maximum atomic E-state index is 11.7. The minimum absolute atomic E-state index is 0.173. The molecule has 52 heavy (non-hydrogen) atoms. The summed E-state index contributed by atoms with van der Waals surface area (Å²) in [5, 5.41) is 20.2. The van der Waals surface area contributed by atoms with E-state index in [0.717, 1.165) is 23.4 Å². The van der Waals surface area contributed by atoms with Gasteiger partial charge in [0.25, 0.3) is 0 Å². The van der Waals surface area contributed by atoms with Crippen molar-refractivity contribution in [3.05, 3.63) is 130 Å². The summed E-state index contributed by atoms with van der Waals surface area (Å²) >= 11 is 5.29. The van der Waals surface area contributed by atoms with E-state index in [2.05, 4.69) is 128 Å². The lowest BCUT2D eigenvalue weighted by Gasteiger charge is -2.26. The van der Waals surface area contributed by atoms with Crippen molar-refractivity contribution in [2.24, 2.45) is 0 Å². The van der Waals surface area contributed by atoms with E-state index in [4.69, 9.17) is 0 Å². The van der Waals surface area contributed by atoms with Crippen LogP contribution in [0.15, 0.2) is 109 Å². The lowest BCUT2D eigenvalue weighted by Crippen LogP contribution is -2.19. The highest BCUT2D eigenvalue weighted by molar-refractivity contribution is 7.27. The Hall–Kier alpha value is -5.00. The van der Waals surface area contributed by atoms with Crippen molar-refractivity contribution in [3.63, 3.8) is 0 Å². The van der Waals surface area contributed by atoms with Gasteiger partial charge in [-0.05, 0) is 78.6 Å². The van der Waals surface area contributed by atoms with E-state index >= 15 is 0 Å². The third kappa shape index (κ3) is 5.85. The fourth-order valence-electron chi connectivity index (χ4n) is 7.68. The number of thiophene rings is 3. The van der Waals surface area contributed by atoms with E-state index in [1.807, 2.05) is 28.7 Å². The molecule has 4 aromatic heterocycles. The number of nitrogens with zero attached hydrogens (tertiary/aromatic N) is 2. The lowest BCUT2D eigenvalue weighted by molar-refractivity contribution is -0.132. The molecule has 4 heterocycles. The van der Waals surface area contributed by atoms with Gasteiger partial charge in [-0.25, -0.2) is 4.79 Å². The minimum Gasteiger partial charge on any atom is -0.477 e. The predicted octanol–water partition coefficient (Wildman–Crippen LogP) is 13.4. The Bertz CT molecular complexity index is 2520. The van der Waals surface area contributed by atoms with E-state index in [1.165, 1.54) is 94.1 Å². The van der Waals surface area contributed by atoms with Crippen LogP contribution in [-0.4, -0.2) is 15.6 Å². The molecule has 0 amide bonds. The van der Waals surface area contributed by atoms with Crippen molar-refractivity contribution in [3.8, 4) is 53.0 Å². The number of carboxylic acids is 1. The van der Waals surface area contributed by atoms with Gasteiger partial charge in [-0.1, -0.05) is 106 Å². The number of carbonyl (C=O) groups is 1. The van der Waals surface area contributed by atoms with E-state index in [1.54, 1.807) is 11.3 Å². The molecule has 3 aromatic carbocycles. The number of hydrogen-bond acceptors (Lipinski definition) is 5. The summed E-state index contributed by atoms with van der Waals surface area (Å²) in [7, 11) is 0. The molecule has 7 aromatic rings. The number of aliphatic carboxylic acids is 1. The molecule has 258 valence electrons. The SMILES string of the molecule is CCCCCCC1(C)c2cc(C=C(C#N)C(=O)O)sc2-c2sc(-c3ccc(-c4c(-c5ccccc5)n(-c5ccc(C)cc5)c5ccccc45)s3)cc21. The smallest absolute Gasteiger partial charge is 0.346 e. The molecule has 1 aliphatic carbocycles. The molecule has 1 unspecified atom stereocenters. The van der Waals surface area contributed by atoms with Gasteiger partial charge in [-0.2, -0.15) is 5.26 Å². The summed E-state index contributed by atoms with van der Waals surface area (Å²) in [5.74, 6) is -1.19. The molecule has 0 bridgehead atoms. The van der Waals surface area contributed by atoms with E-state index < -0.39 is 5.97 Å². The number of nitriles is 1. The Morgan fingerprint density at radius 2 is 1.54 bits per heavy atom. The predicted molar refractivity (Wildman–Crippen MR) is 220 cm³/mol. The van der Waals surface area contributed by atoms with Gasteiger partial charge in [-0.3, -0.25) is 0 Å². The number of fused-ring (bicyclic) bond motifs is 4. The maximum absolute atomic E-state index is 11.7. The van der Waals surface area contributed by atoms with Gasteiger partial charge in [0.05, 0.1) is 11.2 Å². The molecule has 0 aliphatic heterocycles. The van der Waals surface area contributed by atoms with Gasteiger partial charge in [0.15, 0.2) is 0 Å². The third-order valence-corrected chi connectivity index (χ3v) is 14.0. The highest BCUT2D eigenvalue weighted by Gasteiger charge is 2.42. The molecule has 1 aliphatic rings. The van der Waals surface area contributed by atoms with Crippen LogP contribution in [0, 0.1) is 18.3 Å². The second-order valence-electron chi connectivity index (χ2n) is 13.8. The van der Waals surface area contributed by atoms with Gasteiger partial charge in [0.1, 0.15) is 11.6 Å². The third-order valence-electron chi connectivity index (χ3n) is 10.4. The average Bonchev–Trinajstić information content (AvgIpc) is 3.98. The number of benzene rings is 3. The highest BCUT2D eigenvalue weighted by atomic mass is 32.1. The van der Waals surface area contributed by atoms with Gasteiger partial charge in [0.2, 0.25) is 0 Å². The molecule has 1 atom stereocenters. The van der Waals surface area contributed by atoms with Gasteiger partial charge < -0.3 is 9.67 Å². The topological polar surface area (TPSA) is 66.0 Å². The van der Waals surface area contributed by atoms with Crippen LogP contribution in [0.3, 0.4) is 0 Å². The Balaban J connectivity index is 1.26. The average molecular weight is 735 g/mol. The number of rotatable bonds is 11. The highest BCUT2D eigenvalue weighted by Crippen LogP contribution is 2.59. The standard InChI is InChI=1S/C45H38N2O2S3/c1-4-5-6-12-23-45(3)34-25-32(24-30(27-46)44(48)49)50-42(34)43-35(45)26-39(52-43)37-21-22-38(51-37)40-33-15-10-11-16-36(33)47(31-19-17-28(2)18-20-31)41(40)29-13-8-7-9-14-29/h7-11,13-22,24-26H,4-6,12,23H2,1-3H3,(H,48,49). The fraction of sp³-hybridized carbons (Fsp3) is 0.200. The number of aryl methyl sites for hydroxylation is 1. The van der Waals surface area contributed by atoms with Crippen LogP contribution in [-0.2, 0) is 10.2 Å². The van der Waals surface area contributed by atoms with Crippen LogP contribution < -0.4 is 0 Å². The number of aromatic nitrogens is 1. The van der Waals surface area contributed by atoms with Crippen molar-refractivity contribution < 1.29 is 9.90 Å². The molecule has 0 saturated carbocycles. The first-order valence-corrected chi connectivity index (χ1v) is 20.3. The van der Waals surface area contributed by atoms with E-state index in [0.29, 0.717) is 0 Å². The number of para-hydroxylation sites is 1. The van der Waals surface area contributed by atoms with Gasteiger partial charge >= 0.3 is 5.97 Å². The molecular formula is C45H38N2O2S3. The Morgan fingerprint density at radius 1 is 0.827 bits per heavy atom. The lowest BCUT2D eigenvalue weighted by atomic mass is 9.77. The van der Waals surface area contributed by atoms with E-state index in [-0.39, 0.29) is 11.0 Å². The van der Waals surface area contributed by atoms with Crippen molar-refractivity contribution in [2.75, 3.05) is 0 Å². The van der Waals surface area contributed by atoms with Crippen LogP contribution in [0.25, 0.3) is 63.9 Å². The second kappa shape index (κ2) is 13.9. The quantitative estimate of drug-likeness (QED) is 0.0817. The Labute approximate surface area is 316 Å². The molecule has 0 spiro atoms.